The molecule has 0 radical (unpaired) electrons. The highest BCUT2D eigenvalue weighted by Crippen LogP contribution is 2.30. The summed E-state index contributed by atoms with van der Waals surface area (Å²) < 4.78 is 35.3. The molecule has 0 aliphatic carbocycles. The number of aromatic nitrogens is 4. The Balaban J connectivity index is 1.79. The molecular weight excluding hydrogens is 414 g/mol. The van der Waals surface area contributed by atoms with E-state index in [-0.39, 0.29) is 16.7 Å². The van der Waals surface area contributed by atoms with E-state index in [0.29, 0.717) is 11.4 Å². The van der Waals surface area contributed by atoms with Crippen molar-refractivity contribution >= 4 is 16.0 Å². The highest BCUT2D eigenvalue weighted by atomic mass is 32.2. The third-order valence-electron chi connectivity index (χ3n) is 4.62. The molecule has 0 saturated heterocycles. The maximum absolute atomic E-state index is 12.8. The van der Waals surface area contributed by atoms with Crippen molar-refractivity contribution in [2.24, 2.45) is 7.05 Å². The Morgan fingerprint density at radius 1 is 0.968 bits per heavy atom. The van der Waals surface area contributed by atoms with Crippen LogP contribution < -0.4 is 9.46 Å². The Hall–Kier alpha value is -3.72. The standard InChI is InChI=1S/C22H21N5O3S/c1-15-8-7-9-16(2)21(15)19-12-20(30-17-10-5-4-6-11-17)25-22(24-19)26-31(28,29)18-13-23-27(3)14-18/h4-14H,1-3H3,(H,24,25,26). The van der Waals surface area contributed by atoms with Gasteiger partial charge in [-0.3, -0.25) is 4.68 Å². The number of rotatable bonds is 6. The van der Waals surface area contributed by atoms with Crippen LogP contribution in [0.25, 0.3) is 11.3 Å². The molecule has 1 N–H and O–H groups in total. The SMILES string of the molecule is Cc1cccc(C)c1-c1cc(Oc2ccccc2)nc(NS(=O)(=O)c2cnn(C)c2)n1. The molecule has 0 aliphatic rings. The van der Waals surface area contributed by atoms with Crippen molar-refractivity contribution in [3.63, 3.8) is 0 Å². The van der Waals surface area contributed by atoms with Crippen LogP contribution in [0.2, 0.25) is 0 Å². The summed E-state index contributed by atoms with van der Waals surface area (Å²) in [6.07, 6.45) is 2.66. The van der Waals surface area contributed by atoms with Gasteiger partial charge in [-0.25, -0.2) is 18.1 Å². The Morgan fingerprint density at radius 3 is 2.32 bits per heavy atom. The fourth-order valence-electron chi connectivity index (χ4n) is 3.20. The first kappa shape index (κ1) is 20.5. The molecule has 0 aliphatic heterocycles. The van der Waals surface area contributed by atoms with E-state index in [1.807, 2.05) is 50.2 Å². The van der Waals surface area contributed by atoms with Gasteiger partial charge in [0.05, 0.1) is 11.9 Å². The molecule has 4 aromatic rings. The monoisotopic (exact) mass is 435 g/mol. The largest absolute Gasteiger partial charge is 0.439 e. The summed E-state index contributed by atoms with van der Waals surface area (Å²) in [7, 11) is -2.27. The third kappa shape index (κ3) is 4.56. The van der Waals surface area contributed by atoms with Crippen molar-refractivity contribution < 1.29 is 13.2 Å². The smallest absolute Gasteiger partial charge is 0.267 e. The highest BCUT2D eigenvalue weighted by Gasteiger charge is 2.20. The maximum Gasteiger partial charge on any atom is 0.267 e. The number of ether oxygens (including phenoxy) is 1. The molecule has 2 aromatic carbocycles. The summed E-state index contributed by atoms with van der Waals surface area (Å²) >= 11 is 0. The molecule has 2 aromatic heterocycles. The number of nitrogens with zero attached hydrogens (tertiary/aromatic N) is 4. The van der Waals surface area contributed by atoms with Gasteiger partial charge in [0, 0.05) is 24.9 Å². The summed E-state index contributed by atoms with van der Waals surface area (Å²) in [5.74, 6) is 0.715. The van der Waals surface area contributed by atoms with E-state index >= 15 is 0 Å². The van der Waals surface area contributed by atoms with Crippen LogP contribution in [0.15, 0.2) is 71.9 Å². The summed E-state index contributed by atoms with van der Waals surface area (Å²) in [5.41, 5.74) is 3.46. The fourth-order valence-corrected chi connectivity index (χ4v) is 4.12. The second kappa shape index (κ2) is 8.19. The van der Waals surface area contributed by atoms with Gasteiger partial charge >= 0.3 is 0 Å². The molecule has 0 fully saturated rings. The topological polar surface area (TPSA) is 99.0 Å². The van der Waals surface area contributed by atoms with Crippen LogP contribution in [0.1, 0.15) is 11.1 Å². The maximum atomic E-state index is 12.8. The minimum Gasteiger partial charge on any atom is -0.439 e. The summed E-state index contributed by atoms with van der Waals surface area (Å²) in [4.78, 5) is 8.77. The van der Waals surface area contributed by atoms with E-state index in [9.17, 15) is 8.42 Å². The van der Waals surface area contributed by atoms with Crippen molar-refractivity contribution in [2.45, 2.75) is 18.7 Å². The van der Waals surface area contributed by atoms with Gasteiger partial charge in [0.15, 0.2) is 0 Å². The minimum atomic E-state index is -3.92. The summed E-state index contributed by atoms with van der Waals surface area (Å²) in [5, 5.41) is 3.92. The van der Waals surface area contributed by atoms with E-state index in [2.05, 4.69) is 19.8 Å². The number of sulfonamides is 1. The predicted octanol–water partition coefficient (Wildman–Crippen LogP) is 4.09. The molecule has 8 nitrogen and oxygen atoms in total. The van der Waals surface area contributed by atoms with Gasteiger partial charge < -0.3 is 4.74 Å². The van der Waals surface area contributed by atoms with Crippen LogP contribution in [0.3, 0.4) is 0 Å². The van der Waals surface area contributed by atoms with Crippen LogP contribution in [0.5, 0.6) is 11.6 Å². The molecule has 4 rings (SSSR count). The van der Waals surface area contributed by atoms with Crippen molar-refractivity contribution in [3.8, 4) is 22.9 Å². The Bertz CT molecular complexity index is 1310. The Kier molecular flexibility index (Phi) is 5.43. The van der Waals surface area contributed by atoms with Crippen molar-refractivity contribution in [1.29, 1.82) is 0 Å². The van der Waals surface area contributed by atoms with Gasteiger partial charge in [-0.2, -0.15) is 10.1 Å². The molecule has 0 atom stereocenters. The predicted molar refractivity (Wildman–Crippen MR) is 117 cm³/mol. The zero-order chi connectivity index (χ0) is 22.0. The molecule has 0 unspecified atom stereocenters. The molecule has 0 bridgehead atoms. The number of nitrogens with one attached hydrogen (secondary N) is 1. The van der Waals surface area contributed by atoms with Crippen LogP contribution >= 0.6 is 0 Å². The van der Waals surface area contributed by atoms with E-state index in [0.717, 1.165) is 16.7 Å². The number of benzene rings is 2. The van der Waals surface area contributed by atoms with E-state index < -0.39 is 10.0 Å². The van der Waals surface area contributed by atoms with Crippen LogP contribution in [0, 0.1) is 13.8 Å². The highest BCUT2D eigenvalue weighted by molar-refractivity contribution is 7.92. The van der Waals surface area contributed by atoms with Gasteiger partial charge in [0.25, 0.3) is 10.0 Å². The molecule has 9 heteroatoms. The number of para-hydroxylation sites is 1. The average molecular weight is 436 g/mol. The Morgan fingerprint density at radius 2 is 1.68 bits per heavy atom. The summed E-state index contributed by atoms with van der Waals surface area (Å²) in [6, 6.07) is 16.8. The minimum absolute atomic E-state index is 0.0154. The number of anilines is 1. The van der Waals surface area contributed by atoms with E-state index in [1.54, 1.807) is 25.2 Å². The lowest BCUT2D eigenvalue weighted by molar-refractivity contribution is 0.463. The van der Waals surface area contributed by atoms with Crippen molar-refractivity contribution in [1.82, 2.24) is 19.7 Å². The molecule has 0 saturated carbocycles. The molecule has 158 valence electrons. The quantitative estimate of drug-likeness (QED) is 0.490. The first-order valence-electron chi connectivity index (χ1n) is 9.52. The van der Waals surface area contributed by atoms with E-state index in [1.165, 1.54) is 17.1 Å². The van der Waals surface area contributed by atoms with Gasteiger partial charge in [-0.15, -0.1) is 0 Å². The van der Waals surface area contributed by atoms with Crippen LogP contribution in [-0.4, -0.2) is 28.2 Å². The second-order valence-corrected chi connectivity index (χ2v) is 8.73. The Labute approximate surface area is 180 Å². The third-order valence-corrected chi connectivity index (χ3v) is 5.91. The fraction of sp³-hybridized carbons (Fsp3) is 0.136. The van der Waals surface area contributed by atoms with Crippen LogP contribution in [0.4, 0.5) is 5.95 Å². The normalized spacial score (nSPS) is 11.3. The van der Waals surface area contributed by atoms with E-state index in [4.69, 9.17) is 4.74 Å². The molecule has 0 spiro atoms. The summed E-state index contributed by atoms with van der Waals surface area (Å²) in [6.45, 7) is 3.95. The first-order valence-corrected chi connectivity index (χ1v) is 11.0. The van der Waals surface area contributed by atoms with Gasteiger partial charge in [-0.1, -0.05) is 36.4 Å². The lowest BCUT2D eigenvalue weighted by Crippen LogP contribution is -2.15. The molecule has 0 amide bonds. The number of hydrogen-bond donors (Lipinski definition) is 1. The zero-order valence-corrected chi connectivity index (χ0v) is 18.1. The zero-order valence-electron chi connectivity index (χ0n) is 17.3. The van der Waals surface area contributed by atoms with Crippen LogP contribution in [-0.2, 0) is 17.1 Å². The van der Waals surface area contributed by atoms with Crippen molar-refractivity contribution in [3.05, 3.63) is 78.1 Å². The van der Waals surface area contributed by atoms with Gasteiger partial charge in [0.1, 0.15) is 10.6 Å². The molecule has 31 heavy (non-hydrogen) atoms. The average Bonchev–Trinajstić information content (AvgIpc) is 3.16. The molecule has 2 heterocycles. The lowest BCUT2D eigenvalue weighted by atomic mass is 10.00. The van der Waals surface area contributed by atoms with Gasteiger partial charge in [-0.05, 0) is 37.1 Å². The second-order valence-electron chi connectivity index (χ2n) is 7.05. The molecular formula is C22H21N5O3S. The lowest BCUT2D eigenvalue weighted by Gasteiger charge is -2.13. The van der Waals surface area contributed by atoms with Crippen molar-refractivity contribution in [2.75, 3.05) is 4.72 Å². The van der Waals surface area contributed by atoms with Gasteiger partial charge in [0.2, 0.25) is 11.8 Å². The number of aryl methyl sites for hydroxylation is 3. The number of hydrogen-bond acceptors (Lipinski definition) is 6. The first-order chi connectivity index (χ1) is 14.8.